The summed E-state index contributed by atoms with van der Waals surface area (Å²) in [5, 5.41) is 12.7. The SMILES string of the molecule is Cl.Cl.Oc1ccc([C@H](CF)N2CCNCC2)cc1Br. The van der Waals surface area contributed by atoms with Gasteiger partial charge in [0.25, 0.3) is 0 Å². The van der Waals surface area contributed by atoms with Gasteiger partial charge in [-0.2, -0.15) is 0 Å². The lowest BCUT2D eigenvalue weighted by Gasteiger charge is -2.33. The van der Waals surface area contributed by atoms with Gasteiger partial charge in [0.15, 0.2) is 0 Å². The van der Waals surface area contributed by atoms with Gasteiger partial charge in [-0.1, -0.05) is 6.07 Å². The molecule has 1 aliphatic rings. The first-order chi connectivity index (χ1) is 8.22. The molecule has 1 saturated heterocycles. The zero-order chi connectivity index (χ0) is 12.3. The molecule has 1 atom stereocenters. The number of nitrogens with zero attached hydrogens (tertiary/aromatic N) is 1. The summed E-state index contributed by atoms with van der Waals surface area (Å²) in [6, 6.07) is 4.96. The van der Waals surface area contributed by atoms with Crippen molar-refractivity contribution >= 4 is 40.7 Å². The van der Waals surface area contributed by atoms with Gasteiger partial charge in [0, 0.05) is 26.2 Å². The highest BCUT2D eigenvalue weighted by Crippen LogP contribution is 2.29. The van der Waals surface area contributed by atoms with Crippen molar-refractivity contribution in [3.8, 4) is 5.75 Å². The Morgan fingerprint density at radius 3 is 2.47 bits per heavy atom. The van der Waals surface area contributed by atoms with Crippen molar-refractivity contribution < 1.29 is 9.50 Å². The molecule has 0 bridgehead atoms. The summed E-state index contributed by atoms with van der Waals surface area (Å²) in [5.41, 5.74) is 0.902. The minimum absolute atomic E-state index is 0. The number of rotatable bonds is 3. The van der Waals surface area contributed by atoms with Crippen LogP contribution in [0, 0.1) is 0 Å². The van der Waals surface area contributed by atoms with Gasteiger partial charge in [-0.05, 0) is 33.6 Å². The van der Waals surface area contributed by atoms with E-state index in [0.29, 0.717) is 4.47 Å². The Morgan fingerprint density at radius 2 is 1.95 bits per heavy atom. The highest BCUT2D eigenvalue weighted by Gasteiger charge is 2.22. The molecule has 1 aromatic carbocycles. The third-order valence-electron chi connectivity index (χ3n) is 3.10. The molecule has 0 spiro atoms. The van der Waals surface area contributed by atoms with Crippen LogP contribution in [0.3, 0.4) is 0 Å². The summed E-state index contributed by atoms with van der Waals surface area (Å²) in [7, 11) is 0. The van der Waals surface area contributed by atoms with Gasteiger partial charge in [0.05, 0.1) is 10.5 Å². The number of halogens is 4. The molecule has 3 nitrogen and oxygen atoms in total. The van der Waals surface area contributed by atoms with Crippen LogP contribution in [-0.2, 0) is 0 Å². The lowest BCUT2D eigenvalue weighted by atomic mass is 10.1. The molecule has 2 rings (SSSR count). The van der Waals surface area contributed by atoms with Crippen molar-refractivity contribution in [2.75, 3.05) is 32.9 Å². The number of hydrogen-bond donors (Lipinski definition) is 2. The summed E-state index contributed by atoms with van der Waals surface area (Å²) >= 11 is 3.26. The van der Waals surface area contributed by atoms with Gasteiger partial charge in [-0.3, -0.25) is 4.90 Å². The van der Waals surface area contributed by atoms with Crippen molar-refractivity contribution in [3.63, 3.8) is 0 Å². The largest absolute Gasteiger partial charge is 0.507 e. The molecular weight excluding hydrogens is 358 g/mol. The van der Waals surface area contributed by atoms with Gasteiger partial charge >= 0.3 is 0 Å². The van der Waals surface area contributed by atoms with E-state index < -0.39 is 6.67 Å². The summed E-state index contributed by atoms with van der Waals surface area (Å²) in [6.45, 7) is 3.10. The molecule has 1 fully saturated rings. The first-order valence-electron chi connectivity index (χ1n) is 5.71. The van der Waals surface area contributed by atoms with E-state index in [9.17, 15) is 9.50 Å². The van der Waals surface area contributed by atoms with Crippen LogP contribution in [-0.4, -0.2) is 42.9 Å². The molecule has 7 heteroatoms. The van der Waals surface area contributed by atoms with E-state index in [-0.39, 0.29) is 36.6 Å². The van der Waals surface area contributed by atoms with Crippen LogP contribution in [0.2, 0.25) is 0 Å². The molecule has 0 aromatic heterocycles. The molecule has 110 valence electrons. The maximum atomic E-state index is 13.2. The third-order valence-corrected chi connectivity index (χ3v) is 3.73. The van der Waals surface area contributed by atoms with Crippen LogP contribution in [0.15, 0.2) is 22.7 Å². The van der Waals surface area contributed by atoms with Crippen molar-refractivity contribution in [1.82, 2.24) is 10.2 Å². The molecular formula is C12H18BrCl2FN2O. The maximum Gasteiger partial charge on any atom is 0.129 e. The quantitative estimate of drug-likeness (QED) is 0.852. The topological polar surface area (TPSA) is 35.5 Å². The average Bonchev–Trinajstić information content (AvgIpc) is 2.36. The van der Waals surface area contributed by atoms with Gasteiger partial charge in [0.2, 0.25) is 0 Å². The molecule has 0 aliphatic carbocycles. The Balaban J connectivity index is 0.00000162. The van der Waals surface area contributed by atoms with E-state index in [2.05, 4.69) is 26.1 Å². The number of phenols is 1. The third kappa shape index (κ3) is 4.76. The maximum absolute atomic E-state index is 13.2. The lowest BCUT2D eigenvalue weighted by Crippen LogP contribution is -2.45. The molecule has 0 unspecified atom stereocenters. The van der Waals surface area contributed by atoms with Crippen molar-refractivity contribution in [3.05, 3.63) is 28.2 Å². The summed E-state index contributed by atoms with van der Waals surface area (Å²) < 4.78 is 13.8. The number of aromatic hydroxyl groups is 1. The molecule has 0 saturated carbocycles. The Morgan fingerprint density at radius 1 is 1.32 bits per heavy atom. The number of nitrogens with one attached hydrogen (secondary N) is 1. The summed E-state index contributed by atoms with van der Waals surface area (Å²) in [6.07, 6.45) is 0. The minimum atomic E-state index is -0.406. The fourth-order valence-corrected chi connectivity index (χ4v) is 2.52. The Bertz CT molecular complexity index is 392. The van der Waals surface area contributed by atoms with Crippen LogP contribution in [0.25, 0.3) is 0 Å². The predicted molar refractivity (Wildman–Crippen MR) is 83.5 cm³/mol. The van der Waals surface area contributed by atoms with Gasteiger partial charge in [-0.15, -0.1) is 24.8 Å². The van der Waals surface area contributed by atoms with Crippen LogP contribution in [0.5, 0.6) is 5.75 Å². The van der Waals surface area contributed by atoms with E-state index in [4.69, 9.17) is 0 Å². The molecule has 1 heterocycles. The monoisotopic (exact) mass is 374 g/mol. The summed E-state index contributed by atoms with van der Waals surface area (Å²) in [5.74, 6) is 0.187. The standard InChI is InChI=1S/C12H16BrFN2O.2ClH/c13-10-7-9(1-2-12(10)17)11(8-14)16-5-3-15-4-6-16;;/h1-2,7,11,15,17H,3-6,8H2;2*1H/t11-;;/m0../s1. The Kier molecular flexibility index (Phi) is 8.94. The number of phenolic OH excluding ortho intramolecular Hbond substituents is 1. The molecule has 19 heavy (non-hydrogen) atoms. The average molecular weight is 376 g/mol. The van der Waals surface area contributed by atoms with Crippen molar-refractivity contribution in [2.24, 2.45) is 0 Å². The second-order valence-electron chi connectivity index (χ2n) is 4.17. The molecule has 1 aliphatic heterocycles. The van der Waals surface area contributed by atoms with E-state index in [1.165, 1.54) is 0 Å². The van der Waals surface area contributed by atoms with Crippen molar-refractivity contribution in [1.29, 1.82) is 0 Å². The highest BCUT2D eigenvalue weighted by molar-refractivity contribution is 9.10. The second-order valence-corrected chi connectivity index (χ2v) is 5.02. The van der Waals surface area contributed by atoms with E-state index >= 15 is 0 Å². The number of piperazine rings is 1. The Hall–Kier alpha value is -0.0700. The van der Waals surface area contributed by atoms with E-state index in [1.54, 1.807) is 18.2 Å². The van der Waals surface area contributed by atoms with Crippen LogP contribution in [0.1, 0.15) is 11.6 Å². The first kappa shape index (κ1) is 18.9. The van der Waals surface area contributed by atoms with E-state index in [1.807, 2.05) is 0 Å². The number of benzene rings is 1. The van der Waals surface area contributed by atoms with Gasteiger partial charge in [-0.25, -0.2) is 4.39 Å². The van der Waals surface area contributed by atoms with Crippen molar-refractivity contribution in [2.45, 2.75) is 6.04 Å². The predicted octanol–water partition coefficient (Wildman–Crippen LogP) is 2.91. The Labute approximate surface area is 133 Å². The van der Waals surface area contributed by atoms with E-state index in [0.717, 1.165) is 31.7 Å². The molecule has 0 amide bonds. The fraction of sp³-hybridized carbons (Fsp3) is 0.500. The lowest BCUT2D eigenvalue weighted by molar-refractivity contribution is 0.147. The van der Waals surface area contributed by atoms with Crippen LogP contribution >= 0.6 is 40.7 Å². The minimum Gasteiger partial charge on any atom is -0.507 e. The molecule has 0 radical (unpaired) electrons. The van der Waals surface area contributed by atoms with Crippen LogP contribution < -0.4 is 5.32 Å². The number of alkyl halides is 1. The van der Waals surface area contributed by atoms with Gasteiger partial charge < -0.3 is 10.4 Å². The first-order valence-corrected chi connectivity index (χ1v) is 6.51. The summed E-state index contributed by atoms with van der Waals surface area (Å²) in [4.78, 5) is 2.13. The highest BCUT2D eigenvalue weighted by atomic mass is 79.9. The fourth-order valence-electron chi connectivity index (χ4n) is 2.12. The number of hydrogen-bond acceptors (Lipinski definition) is 3. The smallest absolute Gasteiger partial charge is 0.129 e. The zero-order valence-corrected chi connectivity index (χ0v) is 13.5. The van der Waals surface area contributed by atoms with Crippen LogP contribution in [0.4, 0.5) is 4.39 Å². The molecule has 1 aromatic rings. The zero-order valence-electron chi connectivity index (χ0n) is 10.3. The second kappa shape index (κ2) is 8.97. The molecule has 2 N–H and O–H groups in total. The normalized spacial score (nSPS) is 17.2. The van der Waals surface area contributed by atoms with Gasteiger partial charge in [0.1, 0.15) is 12.4 Å².